The Morgan fingerprint density at radius 1 is 0.828 bits per heavy atom. The molecule has 2 aromatic rings. The number of aromatic nitrogens is 2. The van der Waals surface area contributed by atoms with Gasteiger partial charge in [0.1, 0.15) is 0 Å². The van der Waals surface area contributed by atoms with Crippen LogP contribution in [0.3, 0.4) is 0 Å². The fourth-order valence-electron chi connectivity index (χ4n) is 2.60. The summed E-state index contributed by atoms with van der Waals surface area (Å²) >= 11 is 0. The lowest BCUT2D eigenvalue weighted by molar-refractivity contribution is 1.13. The highest BCUT2D eigenvalue weighted by Crippen LogP contribution is 2.24. The van der Waals surface area contributed by atoms with Crippen molar-refractivity contribution in [3.05, 3.63) is 95.9 Å². The molecule has 2 heteroatoms. The van der Waals surface area contributed by atoms with Gasteiger partial charge in [0.2, 0.25) is 0 Å². The number of benzene rings is 1. The second-order valence-electron chi connectivity index (χ2n) is 6.33. The first kappa shape index (κ1) is 24.0. The molecule has 2 nitrogen and oxygen atoms in total. The molecule has 0 spiro atoms. The average molecular weight is 387 g/mol. The molecule has 0 saturated heterocycles. The van der Waals surface area contributed by atoms with E-state index < -0.39 is 0 Å². The molecule has 0 aliphatic carbocycles. The molecule has 0 bridgehead atoms. The Kier molecular flexibility index (Phi) is 11.0. The topological polar surface area (TPSA) is 25.8 Å². The van der Waals surface area contributed by atoms with Crippen molar-refractivity contribution < 1.29 is 0 Å². The number of aryl methyl sites for hydroxylation is 1. The van der Waals surface area contributed by atoms with Crippen molar-refractivity contribution in [1.29, 1.82) is 0 Å². The molecule has 0 saturated carbocycles. The first-order valence-electron chi connectivity index (χ1n) is 10.3. The van der Waals surface area contributed by atoms with Gasteiger partial charge >= 0.3 is 0 Å². The highest BCUT2D eigenvalue weighted by Gasteiger charge is 2.10. The Morgan fingerprint density at radius 3 is 2.07 bits per heavy atom. The molecular weight excluding hydrogens is 352 g/mol. The predicted octanol–water partition coefficient (Wildman–Crippen LogP) is 7.99. The third-order valence-corrected chi connectivity index (χ3v) is 4.15. The zero-order chi connectivity index (χ0) is 21.6. The monoisotopic (exact) mass is 386 g/mol. The lowest BCUT2D eigenvalue weighted by Crippen LogP contribution is -1.99. The predicted molar refractivity (Wildman–Crippen MR) is 130 cm³/mol. The molecule has 0 amide bonds. The number of nitrogens with zero attached hydrogens (tertiary/aromatic N) is 2. The summed E-state index contributed by atoms with van der Waals surface area (Å²) in [7, 11) is 0. The maximum absolute atomic E-state index is 4.83. The van der Waals surface area contributed by atoms with Crippen LogP contribution in [0.4, 0.5) is 0 Å². The zero-order valence-corrected chi connectivity index (χ0v) is 18.9. The summed E-state index contributed by atoms with van der Waals surface area (Å²) in [6, 6.07) is 10.4. The maximum atomic E-state index is 4.83. The van der Waals surface area contributed by atoms with Gasteiger partial charge in [-0.1, -0.05) is 92.3 Å². The van der Waals surface area contributed by atoms with E-state index in [2.05, 4.69) is 62.4 Å². The molecule has 0 radical (unpaired) electrons. The van der Waals surface area contributed by atoms with Crippen LogP contribution in [0.1, 0.15) is 58.5 Å². The van der Waals surface area contributed by atoms with Crippen LogP contribution in [-0.4, -0.2) is 9.97 Å². The number of hydrogen-bond donors (Lipinski definition) is 0. The van der Waals surface area contributed by atoms with E-state index in [9.17, 15) is 0 Å². The minimum absolute atomic E-state index is 0.747. The normalized spacial score (nSPS) is 12.7. The third kappa shape index (κ3) is 7.50. The first-order valence-corrected chi connectivity index (χ1v) is 10.3. The highest BCUT2D eigenvalue weighted by molar-refractivity contribution is 5.75. The highest BCUT2D eigenvalue weighted by atomic mass is 14.9. The summed E-state index contributed by atoms with van der Waals surface area (Å²) in [5.74, 6) is 0.747. The van der Waals surface area contributed by atoms with Gasteiger partial charge in [-0.25, -0.2) is 9.97 Å². The molecule has 0 aliphatic heterocycles. The summed E-state index contributed by atoms with van der Waals surface area (Å²) in [5, 5.41) is 0. The number of allylic oxidation sites excluding steroid dienone is 10. The van der Waals surface area contributed by atoms with Gasteiger partial charge in [-0.15, -0.1) is 0 Å². The summed E-state index contributed by atoms with van der Waals surface area (Å²) in [6.07, 6.45) is 16.3. The smallest absolute Gasteiger partial charge is 0.160 e. The van der Waals surface area contributed by atoms with Gasteiger partial charge in [-0.3, -0.25) is 0 Å². The molecule has 1 aromatic heterocycles. The molecule has 0 N–H and O–H groups in total. The largest absolute Gasteiger partial charge is 0.228 e. The van der Waals surface area contributed by atoms with Gasteiger partial charge < -0.3 is 0 Å². The first-order chi connectivity index (χ1) is 14.1. The maximum Gasteiger partial charge on any atom is 0.160 e. The van der Waals surface area contributed by atoms with Crippen LogP contribution < -0.4 is 0 Å². The summed E-state index contributed by atoms with van der Waals surface area (Å²) in [6.45, 7) is 14.2. The van der Waals surface area contributed by atoms with Gasteiger partial charge in [0, 0.05) is 5.56 Å². The minimum atomic E-state index is 0.747. The molecule has 2 rings (SSSR count). The molecule has 0 atom stereocenters. The van der Waals surface area contributed by atoms with Crippen LogP contribution in [0.2, 0.25) is 0 Å². The number of hydrogen-bond acceptors (Lipinski definition) is 2. The van der Waals surface area contributed by atoms with E-state index in [1.165, 1.54) is 5.56 Å². The second-order valence-corrected chi connectivity index (χ2v) is 6.33. The third-order valence-electron chi connectivity index (χ3n) is 4.15. The molecule has 0 aliphatic rings. The van der Waals surface area contributed by atoms with Crippen LogP contribution in [0.15, 0.2) is 78.9 Å². The van der Waals surface area contributed by atoms with E-state index in [-0.39, 0.29) is 0 Å². The minimum Gasteiger partial charge on any atom is -0.228 e. The van der Waals surface area contributed by atoms with Gasteiger partial charge in [0.05, 0.1) is 11.4 Å². The molecular formula is C27H34N2. The Hall–Kier alpha value is -3.00. The fraction of sp³-hybridized carbons (Fsp3) is 0.259. The van der Waals surface area contributed by atoms with E-state index in [1.807, 2.05) is 65.0 Å². The van der Waals surface area contributed by atoms with Crippen molar-refractivity contribution in [2.75, 3.05) is 0 Å². The molecule has 0 fully saturated rings. The van der Waals surface area contributed by atoms with Crippen molar-refractivity contribution in [3.8, 4) is 11.4 Å². The standard InChI is InChI=1S/C25H28N2.C2H6/c1-6-9-10-11-13-20(5)23-18-24(21(8-3)12-7-2)27-25(26-23)22-16-14-19(4)15-17-22;1-2/h6-18H,1-5H3;1-2H3/b9-6-,11-10-,12-7-,20-13+,21-8+;. The molecule has 1 aromatic carbocycles. The van der Waals surface area contributed by atoms with Crippen molar-refractivity contribution in [1.82, 2.24) is 9.97 Å². The lowest BCUT2D eigenvalue weighted by atomic mass is 10.1. The molecule has 29 heavy (non-hydrogen) atoms. The Labute approximate surface area is 177 Å². The summed E-state index contributed by atoms with van der Waals surface area (Å²) in [5.41, 5.74) is 6.31. The van der Waals surface area contributed by atoms with Gasteiger partial charge in [-0.05, 0) is 51.8 Å². The number of rotatable bonds is 6. The van der Waals surface area contributed by atoms with Crippen molar-refractivity contribution in [3.63, 3.8) is 0 Å². The van der Waals surface area contributed by atoms with E-state index in [0.717, 1.165) is 33.9 Å². The van der Waals surface area contributed by atoms with E-state index in [4.69, 9.17) is 9.97 Å². The van der Waals surface area contributed by atoms with Crippen LogP contribution in [0, 0.1) is 6.92 Å². The molecule has 152 valence electrons. The Morgan fingerprint density at radius 2 is 1.48 bits per heavy atom. The van der Waals surface area contributed by atoms with E-state index >= 15 is 0 Å². The summed E-state index contributed by atoms with van der Waals surface area (Å²) < 4.78 is 0. The SMILES string of the molecule is CC.C\C=C/C=C\C=C(/C)c1cc(C(/C=C\C)=C/C)nc(-c2ccc(C)cc2)n1. The van der Waals surface area contributed by atoms with Crippen LogP contribution in [-0.2, 0) is 0 Å². The van der Waals surface area contributed by atoms with E-state index in [0.29, 0.717) is 0 Å². The Balaban J connectivity index is 0.00000204. The van der Waals surface area contributed by atoms with Gasteiger partial charge in [0.15, 0.2) is 5.82 Å². The molecule has 1 heterocycles. The van der Waals surface area contributed by atoms with Gasteiger partial charge in [-0.2, -0.15) is 0 Å². The average Bonchev–Trinajstić information content (AvgIpc) is 2.76. The second kappa shape index (κ2) is 13.2. The molecule has 0 unspecified atom stereocenters. The fourth-order valence-corrected chi connectivity index (χ4v) is 2.60. The van der Waals surface area contributed by atoms with Crippen molar-refractivity contribution in [2.24, 2.45) is 0 Å². The summed E-state index contributed by atoms with van der Waals surface area (Å²) in [4.78, 5) is 9.65. The Bertz CT molecular complexity index is 908. The van der Waals surface area contributed by atoms with Crippen molar-refractivity contribution in [2.45, 2.75) is 48.5 Å². The van der Waals surface area contributed by atoms with E-state index in [1.54, 1.807) is 0 Å². The zero-order valence-electron chi connectivity index (χ0n) is 18.9. The van der Waals surface area contributed by atoms with Crippen LogP contribution in [0.25, 0.3) is 22.5 Å². The van der Waals surface area contributed by atoms with Crippen LogP contribution >= 0.6 is 0 Å². The van der Waals surface area contributed by atoms with Gasteiger partial charge in [0.25, 0.3) is 0 Å². The van der Waals surface area contributed by atoms with Crippen molar-refractivity contribution >= 4 is 11.1 Å². The lowest BCUT2D eigenvalue weighted by Gasteiger charge is -2.10. The van der Waals surface area contributed by atoms with Crippen LogP contribution in [0.5, 0.6) is 0 Å². The quantitative estimate of drug-likeness (QED) is 0.470.